The number of carbonyl (C=O) groups excluding carboxylic acids is 3. The van der Waals surface area contributed by atoms with Crippen LogP contribution in [0.2, 0.25) is 0 Å². The van der Waals surface area contributed by atoms with E-state index >= 15 is 0 Å². The Hall–Kier alpha value is -4.20. The molecule has 0 unspecified atom stereocenters. The van der Waals surface area contributed by atoms with E-state index in [4.69, 9.17) is 4.74 Å². The fraction of sp³-hybridized carbons (Fsp3) is 0.310. The van der Waals surface area contributed by atoms with Crippen molar-refractivity contribution in [3.63, 3.8) is 0 Å². The van der Waals surface area contributed by atoms with Gasteiger partial charge in [0.05, 0.1) is 13.2 Å². The average molecular weight is 505 g/mol. The number of nitrogens with zero attached hydrogens (tertiary/aromatic N) is 1. The van der Waals surface area contributed by atoms with Gasteiger partial charge in [0.2, 0.25) is 0 Å². The summed E-state index contributed by atoms with van der Waals surface area (Å²) in [5.74, 6) is -1.97. The van der Waals surface area contributed by atoms with Gasteiger partial charge < -0.3 is 19.4 Å². The van der Waals surface area contributed by atoms with E-state index in [9.17, 15) is 19.2 Å². The van der Waals surface area contributed by atoms with Crippen LogP contribution in [-0.2, 0) is 19.1 Å². The van der Waals surface area contributed by atoms with E-state index in [2.05, 4.69) is 10.1 Å². The molecule has 8 nitrogen and oxygen atoms in total. The topological polar surface area (TPSA) is 104 Å². The molecule has 0 bridgehead atoms. The van der Waals surface area contributed by atoms with Crippen molar-refractivity contribution in [3.8, 4) is 0 Å². The van der Waals surface area contributed by atoms with Gasteiger partial charge in [-0.2, -0.15) is 0 Å². The molecule has 1 N–H and O–H groups in total. The molecule has 0 saturated carbocycles. The lowest BCUT2D eigenvalue weighted by molar-refractivity contribution is -0.157. The third kappa shape index (κ3) is 7.39. The minimum absolute atomic E-state index is 0.0367. The summed E-state index contributed by atoms with van der Waals surface area (Å²) >= 11 is 0. The molecule has 1 heterocycles. The molecular formula is C29H32N2O6. The normalized spacial score (nSPS) is 12.0. The Morgan fingerprint density at radius 3 is 1.97 bits per heavy atom. The van der Waals surface area contributed by atoms with E-state index in [1.54, 1.807) is 33.0 Å². The summed E-state index contributed by atoms with van der Waals surface area (Å²) in [6, 6.07) is 20.4. The first kappa shape index (κ1) is 27.4. The van der Waals surface area contributed by atoms with Crippen LogP contribution in [0, 0.1) is 0 Å². The quantitative estimate of drug-likeness (QED) is 0.444. The van der Waals surface area contributed by atoms with Gasteiger partial charge in [-0.3, -0.25) is 14.4 Å². The zero-order valence-corrected chi connectivity index (χ0v) is 21.5. The van der Waals surface area contributed by atoms with Crippen molar-refractivity contribution < 1.29 is 23.9 Å². The average Bonchev–Trinajstić information content (AvgIpc) is 2.87. The Morgan fingerprint density at radius 2 is 1.46 bits per heavy atom. The minimum Gasteiger partial charge on any atom is -0.469 e. The van der Waals surface area contributed by atoms with Crippen LogP contribution in [0.3, 0.4) is 0 Å². The second kappa shape index (κ2) is 12.2. The first-order chi connectivity index (χ1) is 17.6. The molecule has 37 heavy (non-hydrogen) atoms. The van der Waals surface area contributed by atoms with Gasteiger partial charge in [-0.1, -0.05) is 60.7 Å². The van der Waals surface area contributed by atoms with Crippen LogP contribution in [-0.4, -0.2) is 41.2 Å². The largest absolute Gasteiger partial charge is 0.469 e. The number of amides is 1. The summed E-state index contributed by atoms with van der Waals surface area (Å²) < 4.78 is 11.6. The second-order valence-corrected chi connectivity index (χ2v) is 9.53. The minimum atomic E-state index is -1.14. The highest BCUT2D eigenvalue weighted by atomic mass is 16.6. The Morgan fingerprint density at radius 1 is 0.892 bits per heavy atom. The number of hydrogen-bond donors (Lipinski definition) is 1. The monoisotopic (exact) mass is 504 g/mol. The Bertz CT molecular complexity index is 1240. The first-order valence-corrected chi connectivity index (χ1v) is 12.0. The number of nitrogens with one attached hydrogen (secondary N) is 1. The highest BCUT2D eigenvalue weighted by Gasteiger charge is 2.29. The lowest BCUT2D eigenvalue weighted by Gasteiger charge is -2.25. The molecule has 0 aliphatic carbocycles. The number of pyridine rings is 1. The van der Waals surface area contributed by atoms with Crippen LogP contribution >= 0.6 is 0 Å². The molecular weight excluding hydrogens is 472 g/mol. The van der Waals surface area contributed by atoms with E-state index in [0.29, 0.717) is 0 Å². The van der Waals surface area contributed by atoms with Crippen LogP contribution in [0.5, 0.6) is 0 Å². The summed E-state index contributed by atoms with van der Waals surface area (Å²) in [5, 5.41) is 2.59. The maximum Gasteiger partial charge on any atom is 0.329 e. The maximum atomic E-state index is 13.6. The summed E-state index contributed by atoms with van der Waals surface area (Å²) in [5.41, 5.74) is 0.291. The summed E-state index contributed by atoms with van der Waals surface area (Å²) in [6.45, 7) is 5.10. The fourth-order valence-corrected chi connectivity index (χ4v) is 3.89. The molecule has 8 heteroatoms. The van der Waals surface area contributed by atoms with Crippen molar-refractivity contribution in [3.05, 3.63) is 106 Å². The number of hydrogen-bond acceptors (Lipinski definition) is 6. The van der Waals surface area contributed by atoms with Gasteiger partial charge >= 0.3 is 11.9 Å². The Balaban J connectivity index is 1.96. The van der Waals surface area contributed by atoms with Crippen molar-refractivity contribution in [1.82, 2.24) is 9.88 Å². The van der Waals surface area contributed by atoms with Gasteiger partial charge in [-0.05, 0) is 50.5 Å². The van der Waals surface area contributed by atoms with Gasteiger partial charge in [-0.15, -0.1) is 0 Å². The van der Waals surface area contributed by atoms with E-state index in [-0.39, 0.29) is 18.4 Å². The summed E-state index contributed by atoms with van der Waals surface area (Å²) in [7, 11) is 1.24. The van der Waals surface area contributed by atoms with Crippen molar-refractivity contribution in [2.75, 3.05) is 7.11 Å². The van der Waals surface area contributed by atoms with Crippen LogP contribution < -0.4 is 10.9 Å². The number of methoxy groups -OCH3 is 1. The van der Waals surface area contributed by atoms with Crippen LogP contribution in [0.15, 0.2) is 83.8 Å². The molecule has 0 aliphatic heterocycles. The number of carbonyl (C=O) groups is 3. The maximum absolute atomic E-state index is 13.6. The molecule has 0 aliphatic rings. The van der Waals surface area contributed by atoms with Crippen LogP contribution in [0.1, 0.15) is 61.1 Å². The standard InChI is InChI=1S/C29H32N2O6/c1-29(2,3)37-28(35)23(17-18-24(32)36-4)30-26(33)22-16-11-19-31(27(22)34)25(20-12-7-5-8-13-20)21-14-9-6-10-15-21/h5-16,19,23,25H,17-18H2,1-4H3,(H,30,33)/t23-/m0/s1. The number of ether oxygens (including phenoxy) is 2. The van der Waals surface area contributed by atoms with Gasteiger partial charge in [0, 0.05) is 12.6 Å². The molecule has 0 fully saturated rings. The van der Waals surface area contributed by atoms with Crippen molar-refractivity contribution in [1.29, 1.82) is 0 Å². The zero-order chi connectivity index (χ0) is 27.0. The van der Waals surface area contributed by atoms with E-state index < -0.39 is 41.1 Å². The first-order valence-electron chi connectivity index (χ1n) is 12.0. The van der Waals surface area contributed by atoms with Crippen molar-refractivity contribution in [2.24, 2.45) is 0 Å². The highest BCUT2D eigenvalue weighted by Crippen LogP contribution is 2.25. The molecule has 2 aromatic carbocycles. The second-order valence-electron chi connectivity index (χ2n) is 9.53. The lowest BCUT2D eigenvalue weighted by atomic mass is 9.98. The molecule has 1 atom stereocenters. The molecule has 3 aromatic rings. The number of aromatic nitrogens is 1. The van der Waals surface area contributed by atoms with Crippen molar-refractivity contribution in [2.45, 2.75) is 51.3 Å². The fourth-order valence-electron chi connectivity index (χ4n) is 3.89. The summed E-state index contributed by atoms with van der Waals surface area (Å²) in [6.07, 6.45) is 1.49. The SMILES string of the molecule is COC(=O)CC[C@H](NC(=O)c1cccn(C(c2ccccc2)c2ccccc2)c1=O)C(=O)OC(C)(C)C. The number of rotatable bonds is 9. The van der Waals surface area contributed by atoms with Crippen molar-refractivity contribution >= 4 is 17.8 Å². The third-order valence-corrected chi connectivity index (χ3v) is 5.59. The predicted octanol–water partition coefficient (Wildman–Crippen LogP) is 3.88. The molecule has 0 spiro atoms. The van der Waals surface area contributed by atoms with Gasteiger partial charge in [0.25, 0.3) is 11.5 Å². The Kier molecular flexibility index (Phi) is 9.00. The predicted molar refractivity (Wildman–Crippen MR) is 139 cm³/mol. The van der Waals surface area contributed by atoms with E-state index in [0.717, 1.165) is 11.1 Å². The zero-order valence-electron chi connectivity index (χ0n) is 21.5. The molecule has 0 saturated heterocycles. The lowest BCUT2D eigenvalue weighted by Crippen LogP contribution is -2.46. The number of esters is 2. The molecule has 194 valence electrons. The van der Waals surface area contributed by atoms with Gasteiger partial charge in [0.15, 0.2) is 0 Å². The Labute approximate surface area is 216 Å². The number of benzene rings is 2. The van der Waals surface area contributed by atoms with Gasteiger partial charge in [-0.25, -0.2) is 4.79 Å². The highest BCUT2D eigenvalue weighted by molar-refractivity contribution is 5.96. The van der Waals surface area contributed by atoms with Crippen LogP contribution in [0.4, 0.5) is 0 Å². The smallest absolute Gasteiger partial charge is 0.329 e. The van der Waals surface area contributed by atoms with E-state index in [1.807, 2.05) is 60.7 Å². The summed E-state index contributed by atoms with van der Waals surface area (Å²) in [4.78, 5) is 51.3. The molecule has 0 radical (unpaired) electrons. The third-order valence-electron chi connectivity index (χ3n) is 5.59. The van der Waals surface area contributed by atoms with Crippen LogP contribution in [0.25, 0.3) is 0 Å². The molecule has 3 rings (SSSR count). The molecule has 1 aromatic heterocycles. The van der Waals surface area contributed by atoms with Gasteiger partial charge in [0.1, 0.15) is 17.2 Å². The molecule has 1 amide bonds. The van der Waals surface area contributed by atoms with E-state index in [1.165, 1.54) is 17.7 Å².